The number of carbonyl (C=O) groups is 3. The molecule has 4 rings (SSSR count). The number of piperazine rings is 1. The Morgan fingerprint density at radius 1 is 1.18 bits per heavy atom. The van der Waals surface area contributed by atoms with Crippen LogP contribution < -0.4 is 15.1 Å². The van der Waals surface area contributed by atoms with E-state index in [2.05, 4.69) is 15.3 Å². The van der Waals surface area contributed by atoms with Gasteiger partial charge < -0.3 is 19.8 Å². The lowest BCUT2D eigenvalue weighted by Crippen LogP contribution is -2.49. The van der Waals surface area contributed by atoms with Crippen LogP contribution in [0.5, 0.6) is 0 Å². The summed E-state index contributed by atoms with van der Waals surface area (Å²) in [6, 6.07) is 10.9. The maximum atomic E-state index is 12.7. The summed E-state index contributed by atoms with van der Waals surface area (Å²) in [4.78, 5) is 51.3. The first-order chi connectivity index (χ1) is 15.9. The number of anilines is 2. The molecule has 0 unspecified atom stereocenters. The highest BCUT2D eigenvalue weighted by Crippen LogP contribution is 2.27. The van der Waals surface area contributed by atoms with Gasteiger partial charge in [-0.15, -0.1) is 0 Å². The molecule has 2 fully saturated rings. The number of hydrogen-bond acceptors (Lipinski definition) is 9. The standard InChI is InChI=1S/C22H24N6O4S/c1-26(11-12-29)18-14-16(13-17-19(30)25-22(32)33-17)23-21(24-18)28-9-7-27(8-10-28)20(31)15-5-3-2-4-6-15/h2-6,13-14,29H,7-12H2,1H3,(H,25,30,32). The normalized spacial score (nSPS) is 17.5. The minimum Gasteiger partial charge on any atom is -0.395 e. The van der Waals surface area contributed by atoms with Crippen LogP contribution in [0.3, 0.4) is 0 Å². The van der Waals surface area contributed by atoms with E-state index < -0.39 is 11.1 Å². The Morgan fingerprint density at radius 2 is 1.91 bits per heavy atom. The molecule has 2 saturated heterocycles. The van der Waals surface area contributed by atoms with Crippen molar-refractivity contribution in [2.45, 2.75) is 0 Å². The number of thioether (sulfide) groups is 1. The Hall–Kier alpha value is -3.44. The first kappa shape index (κ1) is 22.7. The third kappa shape index (κ3) is 5.32. The number of hydrogen-bond donors (Lipinski definition) is 2. The van der Waals surface area contributed by atoms with Crippen molar-refractivity contribution in [2.24, 2.45) is 0 Å². The molecule has 0 aliphatic carbocycles. The molecule has 0 atom stereocenters. The topological polar surface area (TPSA) is 119 Å². The van der Waals surface area contributed by atoms with Gasteiger partial charge in [-0.05, 0) is 30.0 Å². The highest BCUT2D eigenvalue weighted by molar-refractivity contribution is 8.18. The molecule has 10 nitrogen and oxygen atoms in total. The van der Waals surface area contributed by atoms with E-state index in [1.165, 1.54) is 0 Å². The predicted octanol–water partition coefficient (Wildman–Crippen LogP) is 1.19. The molecule has 0 saturated carbocycles. The molecule has 172 valence electrons. The van der Waals surface area contributed by atoms with Gasteiger partial charge in [0.25, 0.3) is 17.1 Å². The van der Waals surface area contributed by atoms with E-state index in [1.807, 2.05) is 28.0 Å². The van der Waals surface area contributed by atoms with Crippen LogP contribution in [0, 0.1) is 0 Å². The van der Waals surface area contributed by atoms with E-state index >= 15 is 0 Å². The van der Waals surface area contributed by atoms with E-state index in [9.17, 15) is 19.5 Å². The summed E-state index contributed by atoms with van der Waals surface area (Å²) in [6.07, 6.45) is 1.56. The molecule has 1 aromatic heterocycles. The van der Waals surface area contributed by atoms with Gasteiger partial charge >= 0.3 is 0 Å². The summed E-state index contributed by atoms with van der Waals surface area (Å²) in [6.45, 7) is 2.48. The SMILES string of the molecule is CN(CCO)c1cc(C=C2SC(=O)NC2=O)nc(N2CCN(C(=O)c3ccccc3)CC2)n1. The molecule has 2 aromatic rings. The van der Waals surface area contributed by atoms with Crippen LogP contribution in [0.2, 0.25) is 0 Å². The second-order valence-electron chi connectivity index (χ2n) is 7.59. The minimum absolute atomic E-state index is 0.00745. The number of imide groups is 1. The molecule has 0 radical (unpaired) electrons. The molecule has 3 heterocycles. The monoisotopic (exact) mass is 468 g/mol. The summed E-state index contributed by atoms with van der Waals surface area (Å²) in [5, 5.41) is 11.1. The fourth-order valence-electron chi connectivity index (χ4n) is 3.54. The van der Waals surface area contributed by atoms with Crippen LogP contribution in [0.15, 0.2) is 41.3 Å². The quantitative estimate of drug-likeness (QED) is 0.603. The maximum Gasteiger partial charge on any atom is 0.290 e. The molecule has 33 heavy (non-hydrogen) atoms. The van der Waals surface area contributed by atoms with Gasteiger partial charge in [0.05, 0.1) is 17.2 Å². The average molecular weight is 469 g/mol. The van der Waals surface area contributed by atoms with Crippen LogP contribution in [0.25, 0.3) is 6.08 Å². The van der Waals surface area contributed by atoms with Crippen LogP contribution in [0.1, 0.15) is 16.1 Å². The van der Waals surface area contributed by atoms with Crippen LogP contribution in [-0.4, -0.2) is 83.4 Å². The number of aliphatic hydroxyl groups excluding tert-OH is 1. The van der Waals surface area contributed by atoms with Gasteiger partial charge in [-0.2, -0.15) is 4.98 Å². The van der Waals surface area contributed by atoms with Crippen molar-refractivity contribution in [3.05, 3.63) is 52.6 Å². The van der Waals surface area contributed by atoms with E-state index in [-0.39, 0.29) is 17.4 Å². The number of amides is 3. The minimum atomic E-state index is -0.455. The van der Waals surface area contributed by atoms with E-state index in [0.29, 0.717) is 55.7 Å². The summed E-state index contributed by atoms with van der Waals surface area (Å²) >= 11 is 0.826. The van der Waals surface area contributed by atoms with Gasteiger partial charge in [0.15, 0.2) is 0 Å². The van der Waals surface area contributed by atoms with Crippen LogP contribution >= 0.6 is 11.8 Å². The fraction of sp³-hybridized carbons (Fsp3) is 0.318. The lowest BCUT2D eigenvalue weighted by Gasteiger charge is -2.35. The fourth-order valence-corrected chi connectivity index (χ4v) is 4.21. The van der Waals surface area contributed by atoms with Crippen molar-refractivity contribution in [1.29, 1.82) is 0 Å². The van der Waals surface area contributed by atoms with Crippen molar-refractivity contribution in [2.75, 3.05) is 56.2 Å². The Kier molecular flexibility index (Phi) is 6.90. The first-order valence-corrected chi connectivity index (χ1v) is 11.3. The van der Waals surface area contributed by atoms with Gasteiger partial charge in [0.1, 0.15) is 5.82 Å². The number of rotatable bonds is 6. The zero-order valence-corrected chi connectivity index (χ0v) is 18.9. The van der Waals surface area contributed by atoms with Crippen LogP contribution in [0.4, 0.5) is 16.6 Å². The Labute approximate surface area is 195 Å². The molecule has 2 N–H and O–H groups in total. The summed E-state index contributed by atoms with van der Waals surface area (Å²) < 4.78 is 0. The van der Waals surface area contributed by atoms with Gasteiger partial charge in [-0.3, -0.25) is 19.7 Å². The van der Waals surface area contributed by atoms with Gasteiger partial charge in [0, 0.05) is 51.4 Å². The number of nitrogens with one attached hydrogen (secondary N) is 1. The Balaban J connectivity index is 1.55. The molecule has 1 aromatic carbocycles. The van der Waals surface area contributed by atoms with E-state index in [4.69, 9.17) is 0 Å². The molecular formula is C22H24N6O4S. The molecule has 3 amide bonds. The molecule has 0 bridgehead atoms. The zero-order chi connectivity index (χ0) is 23.4. The molecule has 2 aliphatic heterocycles. The van der Waals surface area contributed by atoms with Crippen molar-refractivity contribution >= 4 is 46.7 Å². The smallest absolute Gasteiger partial charge is 0.290 e. The third-order valence-electron chi connectivity index (χ3n) is 5.34. The lowest BCUT2D eigenvalue weighted by atomic mass is 10.2. The second-order valence-corrected chi connectivity index (χ2v) is 8.61. The average Bonchev–Trinajstić information content (AvgIpc) is 3.15. The largest absolute Gasteiger partial charge is 0.395 e. The lowest BCUT2D eigenvalue weighted by molar-refractivity contribution is -0.115. The maximum absolute atomic E-state index is 12.7. The van der Waals surface area contributed by atoms with Crippen molar-refractivity contribution in [3.63, 3.8) is 0 Å². The van der Waals surface area contributed by atoms with Gasteiger partial charge in [-0.1, -0.05) is 18.2 Å². The third-order valence-corrected chi connectivity index (χ3v) is 6.15. The first-order valence-electron chi connectivity index (χ1n) is 10.5. The zero-order valence-electron chi connectivity index (χ0n) is 18.1. The van der Waals surface area contributed by atoms with E-state index in [0.717, 1.165) is 11.8 Å². The summed E-state index contributed by atoms with van der Waals surface area (Å²) in [5.74, 6) is 0.583. The Bertz CT molecular complexity index is 1090. The molecular weight excluding hydrogens is 444 g/mol. The van der Waals surface area contributed by atoms with Crippen molar-refractivity contribution in [1.82, 2.24) is 20.2 Å². The number of benzene rings is 1. The molecule has 2 aliphatic rings. The number of aromatic nitrogens is 2. The molecule has 11 heteroatoms. The number of carbonyl (C=O) groups excluding carboxylic acids is 3. The second kappa shape index (κ2) is 10.0. The van der Waals surface area contributed by atoms with E-state index in [1.54, 1.807) is 36.2 Å². The summed E-state index contributed by atoms with van der Waals surface area (Å²) in [7, 11) is 1.80. The van der Waals surface area contributed by atoms with Crippen molar-refractivity contribution in [3.8, 4) is 0 Å². The van der Waals surface area contributed by atoms with Crippen LogP contribution in [-0.2, 0) is 4.79 Å². The number of aliphatic hydroxyl groups is 1. The Morgan fingerprint density at radius 3 is 2.55 bits per heavy atom. The highest BCUT2D eigenvalue weighted by atomic mass is 32.2. The highest BCUT2D eigenvalue weighted by Gasteiger charge is 2.27. The number of likely N-dealkylation sites (N-methyl/N-ethyl adjacent to an activating group) is 1. The van der Waals surface area contributed by atoms with Crippen molar-refractivity contribution < 1.29 is 19.5 Å². The molecule has 0 spiro atoms. The van der Waals surface area contributed by atoms with Gasteiger partial charge in [-0.25, -0.2) is 4.98 Å². The predicted molar refractivity (Wildman–Crippen MR) is 126 cm³/mol. The summed E-state index contributed by atoms with van der Waals surface area (Å²) in [5.41, 5.74) is 1.14. The number of nitrogens with zero attached hydrogens (tertiary/aromatic N) is 5. The van der Waals surface area contributed by atoms with Gasteiger partial charge in [0.2, 0.25) is 5.95 Å².